The molecule has 1 aliphatic rings. The molecule has 0 amide bonds. The lowest BCUT2D eigenvalue weighted by molar-refractivity contribution is 0.311. The van der Waals surface area contributed by atoms with Crippen LogP contribution in [0.2, 0.25) is 0 Å². The van der Waals surface area contributed by atoms with Gasteiger partial charge in [0.05, 0.1) is 11.8 Å². The van der Waals surface area contributed by atoms with Crippen LogP contribution >= 0.6 is 0 Å². The Bertz CT molecular complexity index is 383. The molecule has 1 aliphatic heterocycles. The molecule has 0 spiro atoms. The van der Waals surface area contributed by atoms with Gasteiger partial charge in [0.1, 0.15) is 5.84 Å². The molecule has 2 rings (SSSR count). The highest BCUT2D eigenvalue weighted by Gasteiger charge is 2.19. The quantitative estimate of drug-likeness (QED) is 0.519. The predicted octanol–water partition coefficient (Wildman–Crippen LogP) is -0.488. The number of piperazine rings is 1. The van der Waals surface area contributed by atoms with Crippen molar-refractivity contribution in [2.24, 2.45) is 5.73 Å². The summed E-state index contributed by atoms with van der Waals surface area (Å²) in [6.45, 7) is 3.78. The zero-order valence-electron chi connectivity index (χ0n) is 9.35. The molecule has 0 aromatic carbocycles. The van der Waals surface area contributed by atoms with Gasteiger partial charge in [-0.25, -0.2) is 0 Å². The summed E-state index contributed by atoms with van der Waals surface area (Å²) in [5.41, 5.74) is 6.19. The standard InChI is InChI=1S/C10H16N6/c1-15-4-6-16(7-5-15)10-8(9(11)12)2-3-13-14-10/h2-3H,4-7H2,1H3,(H3,11,12). The molecule has 1 saturated heterocycles. The predicted molar refractivity (Wildman–Crippen MR) is 62.8 cm³/mol. The van der Waals surface area contributed by atoms with E-state index in [1.165, 1.54) is 0 Å². The molecule has 1 aromatic heterocycles. The lowest BCUT2D eigenvalue weighted by Gasteiger charge is -2.33. The zero-order valence-corrected chi connectivity index (χ0v) is 9.35. The summed E-state index contributed by atoms with van der Waals surface area (Å²) < 4.78 is 0. The lowest BCUT2D eigenvalue weighted by Crippen LogP contribution is -2.45. The number of hydrogen-bond donors (Lipinski definition) is 2. The van der Waals surface area contributed by atoms with Crippen molar-refractivity contribution in [3.05, 3.63) is 17.8 Å². The third-order valence-electron chi connectivity index (χ3n) is 2.79. The van der Waals surface area contributed by atoms with E-state index < -0.39 is 0 Å². The van der Waals surface area contributed by atoms with Gasteiger partial charge < -0.3 is 15.5 Å². The van der Waals surface area contributed by atoms with E-state index in [0.717, 1.165) is 32.0 Å². The second-order valence-corrected chi connectivity index (χ2v) is 3.97. The number of rotatable bonds is 2. The van der Waals surface area contributed by atoms with E-state index in [1.54, 1.807) is 12.3 Å². The first-order valence-electron chi connectivity index (χ1n) is 5.28. The van der Waals surface area contributed by atoms with Crippen LogP contribution in [-0.4, -0.2) is 54.2 Å². The minimum absolute atomic E-state index is 0.0452. The summed E-state index contributed by atoms with van der Waals surface area (Å²) in [5.74, 6) is 0.770. The van der Waals surface area contributed by atoms with Gasteiger partial charge in [-0.1, -0.05) is 0 Å². The van der Waals surface area contributed by atoms with Crippen LogP contribution in [0.4, 0.5) is 5.82 Å². The number of aromatic nitrogens is 2. The second-order valence-electron chi connectivity index (χ2n) is 3.97. The normalized spacial score (nSPS) is 17.4. The van der Waals surface area contributed by atoms with Crippen molar-refractivity contribution >= 4 is 11.7 Å². The first kappa shape index (κ1) is 10.8. The maximum atomic E-state index is 7.51. The molecule has 1 aromatic rings. The summed E-state index contributed by atoms with van der Waals surface area (Å²) in [7, 11) is 2.10. The smallest absolute Gasteiger partial charge is 0.162 e. The van der Waals surface area contributed by atoms with Crippen molar-refractivity contribution in [3.63, 3.8) is 0 Å². The van der Waals surface area contributed by atoms with Crippen LogP contribution in [0, 0.1) is 5.41 Å². The van der Waals surface area contributed by atoms with Crippen LogP contribution in [-0.2, 0) is 0 Å². The van der Waals surface area contributed by atoms with E-state index in [9.17, 15) is 0 Å². The molecule has 3 N–H and O–H groups in total. The summed E-state index contributed by atoms with van der Waals surface area (Å²) in [4.78, 5) is 4.39. The molecule has 86 valence electrons. The largest absolute Gasteiger partial charge is 0.384 e. The van der Waals surface area contributed by atoms with Gasteiger partial charge in [-0.05, 0) is 13.1 Å². The summed E-state index contributed by atoms with van der Waals surface area (Å²) in [6.07, 6.45) is 1.57. The third-order valence-corrected chi connectivity index (χ3v) is 2.79. The van der Waals surface area contributed by atoms with E-state index >= 15 is 0 Å². The van der Waals surface area contributed by atoms with E-state index in [4.69, 9.17) is 11.1 Å². The highest BCUT2D eigenvalue weighted by atomic mass is 15.3. The summed E-state index contributed by atoms with van der Waals surface area (Å²) in [5, 5.41) is 15.5. The Labute approximate surface area is 94.6 Å². The van der Waals surface area contributed by atoms with Crippen LogP contribution in [0.15, 0.2) is 12.3 Å². The van der Waals surface area contributed by atoms with Gasteiger partial charge >= 0.3 is 0 Å². The molecule has 0 bridgehead atoms. The van der Waals surface area contributed by atoms with Crippen molar-refractivity contribution in [1.29, 1.82) is 5.41 Å². The average molecular weight is 220 g/mol. The Kier molecular flexibility index (Phi) is 3.00. The summed E-state index contributed by atoms with van der Waals surface area (Å²) in [6, 6.07) is 1.74. The Hall–Kier alpha value is -1.69. The topological polar surface area (TPSA) is 82.1 Å². The van der Waals surface area contributed by atoms with Gasteiger partial charge in [0.25, 0.3) is 0 Å². The molecule has 0 atom stereocenters. The molecular formula is C10H16N6. The zero-order chi connectivity index (χ0) is 11.5. The molecule has 0 aliphatic carbocycles. The number of nitrogens with two attached hydrogens (primary N) is 1. The maximum Gasteiger partial charge on any atom is 0.162 e. The second kappa shape index (κ2) is 4.44. The average Bonchev–Trinajstić information content (AvgIpc) is 2.30. The third kappa shape index (κ3) is 2.11. The molecular weight excluding hydrogens is 204 g/mol. The van der Waals surface area contributed by atoms with Crippen molar-refractivity contribution in [2.45, 2.75) is 0 Å². The SMILES string of the molecule is CN1CCN(c2nnccc2C(=N)N)CC1. The molecule has 1 fully saturated rings. The van der Waals surface area contributed by atoms with Gasteiger partial charge in [0.15, 0.2) is 5.82 Å². The number of hydrogen-bond acceptors (Lipinski definition) is 5. The first-order valence-corrected chi connectivity index (χ1v) is 5.28. The number of nitrogens with one attached hydrogen (secondary N) is 1. The van der Waals surface area contributed by atoms with Crippen LogP contribution in [0.5, 0.6) is 0 Å². The van der Waals surface area contributed by atoms with Crippen LogP contribution < -0.4 is 10.6 Å². The van der Waals surface area contributed by atoms with E-state index in [2.05, 4.69) is 27.0 Å². The Balaban J connectivity index is 2.23. The molecule has 0 radical (unpaired) electrons. The van der Waals surface area contributed by atoms with E-state index in [-0.39, 0.29) is 5.84 Å². The fraction of sp³-hybridized carbons (Fsp3) is 0.500. The van der Waals surface area contributed by atoms with Crippen molar-refractivity contribution in [1.82, 2.24) is 15.1 Å². The minimum atomic E-state index is 0.0452. The highest BCUT2D eigenvalue weighted by molar-refractivity contribution is 5.99. The van der Waals surface area contributed by atoms with Gasteiger partial charge in [-0.15, -0.1) is 5.10 Å². The molecule has 16 heavy (non-hydrogen) atoms. The lowest BCUT2D eigenvalue weighted by atomic mass is 10.2. The number of amidine groups is 1. The fourth-order valence-electron chi connectivity index (χ4n) is 1.79. The van der Waals surface area contributed by atoms with Gasteiger partial charge in [0, 0.05) is 26.2 Å². The number of likely N-dealkylation sites (N-methyl/N-ethyl adjacent to an activating group) is 1. The monoisotopic (exact) mass is 220 g/mol. The fourth-order valence-corrected chi connectivity index (χ4v) is 1.79. The van der Waals surface area contributed by atoms with Crippen LogP contribution in [0.3, 0.4) is 0 Å². The number of nitrogens with zero attached hydrogens (tertiary/aromatic N) is 4. The Morgan fingerprint density at radius 3 is 2.69 bits per heavy atom. The Morgan fingerprint density at radius 2 is 2.06 bits per heavy atom. The molecule has 2 heterocycles. The van der Waals surface area contributed by atoms with Crippen molar-refractivity contribution in [2.75, 3.05) is 38.1 Å². The van der Waals surface area contributed by atoms with Gasteiger partial charge in [0.2, 0.25) is 0 Å². The van der Waals surface area contributed by atoms with Crippen molar-refractivity contribution in [3.8, 4) is 0 Å². The van der Waals surface area contributed by atoms with Crippen LogP contribution in [0.1, 0.15) is 5.56 Å². The molecule has 6 nitrogen and oxygen atoms in total. The maximum absolute atomic E-state index is 7.51. The molecule has 0 saturated carbocycles. The molecule has 6 heteroatoms. The van der Waals surface area contributed by atoms with E-state index in [1.807, 2.05) is 0 Å². The number of anilines is 1. The van der Waals surface area contributed by atoms with Gasteiger partial charge in [-0.2, -0.15) is 5.10 Å². The van der Waals surface area contributed by atoms with Crippen LogP contribution in [0.25, 0.3) is 0 Å². The number of nitrogen functional groups attached to an aromatic ring is 1. The molecule has 0 unspecified atom stereocenters. The minimum Gasteiger partial charge on any atom is -0.384 e. The first-order chi connectivity index (χ1) is 7.68. The highest BCUT2D eigenvalue weighted by Crippen LogP contribution is 2.16. The van der Waals surface area contributed by atoms with E-state index in [0.29, 0.717) is 5.56 Å². The van der Waals surface area contributed by atoms with Crippen molar-refractivity contribution < 1.29 is 0 Å². The Morgan fingerprint density at radius 1 is 1.38 bits per heavy atom. The summed E-state index contributed by atoms with van der Waals surface area (Å²) >= 11 is 0. The van der Waals surface area contributed by atoms with Gasteiger partial charge in [-0.3, -0.25) is 5.41 Å².